The predicted octanol–water partition coefficient (Wildman–Crippen LogP) is 5.35. The lowest BCUT2D eigenvalue weighted by Gasteiger charge is -2.38. The summed E-state index contributed by atoms with van der Waals surface area (Å²) in [7, 11) is 0. The van der Waals surface area contributed by atoms with Gasteiger partial charge in [-0.1, -0.05) is 34.1 Å². The maximum Gasteiger partial charge on any atom is 0.171 e. The predicted molar refractivity (Wildman–Crippen MR) is 107 cm³/mol. The van der Waals surface area contributed by atoms with Gasteiger partial charge in [0.25, 0.3) is 0 Å². The van der Waals surface area contributed by atoms with Crippen LogP contribution in [0.3, 0.4) is 0 Å². The Labute approximate surface area is 156 Å². The molecule has 0 unspecified atom stereocenters. The van der Waals surface area contributed by atoms with Crippen LogP contribution in [-0.2, 0) is 0 Å². The number of hydrogen-bond acceptors (Lipinski definition) is 2. The number of ether oxygens (including phenoxy) is 1. The highest BCUT2D eigenvalue weighted by Crippen LogP contribution is 2.40. The molecule has 0 aromatic heterocycles. The quantitative estimate of drug-likeness (QED) is 0.661. The smallest absolute Gasteiger partial charge is 0.171 e. The van der Waals surface area contributed by atoms with Gasteiger partial charge in [0, 0.05) is 22.1 Å². The summed E-state index contributed by atoms with van der Waals surface area (Å²) in [6, 6.07) is 14.3. The first-order chi connectivity index (χ1) is 11.3. The summed E-state index contributed by atoms with van der Waals surface area (Å²) in [5.41, 5.74) is 3.07. The van der Waals surface area contributed by atoms with Crippen molar-refractivity contribution in [2.45, 2.75) is 38.8 Å². The number of fused-ring (bicyclic) bond motifs is 1. The number of anilines is 1. The van der Waals surface area contributed by atoms with E-state index in [1.807, 2.05) is 30.3 Å². The highest BCUT2D eigenvalue weighted by atomic mass is 79.9. The molecule has 126 valence electrons. The van der Waals surface area contributed by atoms with Gasteiger partial charge < -0.3 is 15.4 Å². The molecule has 0 aliphatic carbocycles. The number of para-hydroxylation sites is 1. The third-order valence-electron chi connectivity index (χ3n) is 4.13. The molecule has 1 atom stereocenters. The van der Waals surface area contributed by atoms with E-state index < -0.39 is 0 Å². The fourth-order valence-corrected chi connectivity index (χ4v) is 3.62. The molecule has 0 spiro atoms. The Morgan fingerprint density at radius 1 is 1.25 bits per heavy atom. The number of hydrogen-bond donors (Lipinski definition) is 2. The largest absolute Gasteiger partial charge is 0.487 e. The Morgan fingerprint density at radius 3 is 2.75 bits per heavy atom. The van der Waals surface area contributed by atoms with Crippen LogP contribution in [0.15, 0.2) is 46.9 Å². The Morgan fingerprint density at radius 2 is 2.00 bits per heavy atom. The monoisotopic (exact) mass is 404 g/mol. The molecule has 1 heterocycles. The fraction of sp³-hybridized carbons (Fsp3) is 0.316. The van der Waals surface area contributed by atoms with E-state index in [0.29, 0.717) is 5.11 Å². The minimum absolute atomic E-state index is 0.102. The van der Waals surface area contributed by atoms with Crippen LogP contribution in [-0.4, -0.2) is 10.7 Å². The number of rotatable bonds is 2. The van der Waals surface area contributed by atoms with Crippen molar-refractivity contribution >= 4 is 38.9 Å². The Kier molecular flexibility index (Phi) is 4.83. The Bertz CT molecular complexity index is 776. The van der Waals surface area contributed by atoms with Gasteiger partial charge in [-0.25, -0.2) is 0 Å². The van der Waals surface area contributed by atoms with Gasteiger partial charge in [-0.2, -0.15) is 0 Å². The zero-order chi connectivity index (χ0) is 17.3. The molecule has 2 aromatic rings. The zero-order valence-corrected chi connectivity index (χ0v) is 16.4. The first kappa shape index (κ1) is 17.2. The van der Waals surface area contributed by atoms with Crippen molar-refractivity contribution < 1.29 is 4.74 Å². The topological polar surface area (TPSA) is 33.3 Å². The Hall–Kier alpha value is -1.59. The summed E-state index contributed by atoms with van der Waals surface area (Å²) in [5.74, 6) is 0.908. The number of benzene rings is 2. The first-order valence-electron chi connectivity index (χ1n) is 7.96. The molecule has 5 heteroatoms. The van der Waals surface area contributed by atoms with Crippen molar-refractivity contribution in [2.75, 3.05) is 5.32 Å². The van der Waals surface area contributed by atoms with Crippen molar-refractivity contribution in [1.29, 1.82) is 0 Å². The fourth-order valence-electron chi connectivity index (χ4n) is 2.98. The molecule has 1 aliphatic rings. The summed E-state index contributed by atoms with van der Waals surface area (Å²) in [5, 5.41) is 7.37. The number of nitrogens with one attached hydrogen (secondary N) is 2. The molecular formula is C19H21BrN2OS. The van der Waals surface area contributed by atoms with E-state index in [1.165, 1.54) is 0 Å². The molecule has 0 amide bonds. The molecule has 0 saturated carbocycles. The first-order valence-corrected chi connectivity index (χ1v) is 9.16. The summed E-state index contributed by atoms with van der Waals surface area (Å²) in [4.78, 5) is 0. The van der Waals surface area contributed by atoms with Crippen molar-refractivity contribution in [3.05, 3.63) is 58.1 Å². The number of thiocarbonyl (C=S) groups is 1. The van der Waals surface area contributed by atoms with Crippen LogP contribution in [0.1, 0.15) is 37.4 Å². The highest BCUT2D eigenvalue weighted by Gasteiger charge is 2.34. The third kappa shape index (κ3) is 3.90. The molecule has 2 N–H and O–H groups in total. The van der Waals surface area contributed by atoms with Gasteiger partial charge in [0.05, 0.1) is 6.04 Å². The maximum absolute atomic E-state index is 6.10. The van der Waals surface area contributed by atoms with E-state index >= 15 is 0 Å². The molecule has 0 bridgehead atoms. The van der Waals surface area contributed by atoms with E-state index in [0.717, 1.165) is 33.5 Å². The van der Waals surface area contributed by atoms with E-state index in [-0.39, 0.29) is 11.6 Å². The van der Waals surface area contributed by atoms with Gasteiger partial charge in [-0.05, 0) is 62.8 Å². The highest BCUT2D eigenvalue weighted by molar-refractivity contribution is 9.10. The van der Waals surface area contributed by atoms with E-state index in [2.05, 4.69) is 59.5 Å². The lowest BCUT2D eigenvalue weighted by molar-refractivity contribution is 0.0696. The van der Waals surface area contributed by atoms with Crippen LogP contribution in [0.4, 0.5) is 5.69 Å². The minimum atomic E-state index is -0.239. The van der Waals surface area contributed by atoms with Crippen LogP contribution in [0.2, 0.25) is 0 Å². The SMILES string of the molecule is Cc1ccccc1NC(=S)N[C@@H]1CC(C)(C)Oc2ccc(Br)cc21. The summed E-state index contributed by atoms with van der Waals surface area (Å²) in [6.07, 6.45) is 0.839. The second-order valence-electron chi connectivity index (χ2n) is 6.71. The number of halogens is 1. The lowest BCUT2D eigenvalue weighted by atomic mass is 9.90. The van der Waals surface area contributed by atoms with Gasteiger partial charge >= 0.3 is 0 Å². The van der Waals surface area contributed by atoms with Gasteiger partial charge in [0.2, 0.25) is 0 Å². The van der Waals surface area contributed by atoms with Gasteiger partial charge in [0.15, 0.2) is 5.11 Å². The second kappa shape index (κ2) is 6.73. The van der Waals surface area contributed by atoms with Crippen LogP contribution in [0.25, 0.3) is 0 Å². The Balaban J connectivity index is 1.80. The van der Waals surface area contributed by atoms with Gasteiger partial charge in [-0.15, -0.1) is 0 Å². The zero-order valence-electron chi connectivity index (χ0n) is 14.0. The van der Waals surface area contributed by atoms with Crippen LogP contribution in [0, 0.1) is 6.92 Å². The molecule has 3 nitrogen and oxygen atoms in total. The van der Waals surface area contributed by atoms with Crippen molar-refractivity contribution in [3.63, 3.8) is 0 Å². The minimum Gasteiger partial charge on any atom is -0.487 e. The number of aryl methyl sites for hydroxylation is 1. The molecule has 2 aromatic carbocycles. The molecule has 3 rings (SSSR count). The molecule has 1 aliphatic heterocycles. The van der Waals surface area contributed by atoms with Crippen LogP contribution in [0.5, 0.6) is 5.75 Å². The second-order valence-corrected chi connectivity index (χ2v) is 8.04. The summed E-state index contributed by atoms with van der Waals surface area (Å²) < 4.78 is 7.14. The van der Waals surface area contributed by atoms with Crippen molar-refractivity contribution in [1.82, 2.24) is 5.32 Å². The standard InChI is InChI=1S/C19H21BrN2OS/c1-12-6-4-5-7-15(12)21-18(24)22-16-11-19(2,3)23-17-9-8-13(20)10-14(16)17/h4-10,16H,11H2,1-3H3,(H2,21,22,24)/t16-/m1/s1. The molecule has 24 heavy (non-hydrogen) atoms. The van der Waals surface area contributed by atoms with Crippen molar-refractivity contribution in [3.8, 4) is 5.75 Å². The summed E-state index contributed by atoms with van der Waals surface area (Å²) >= 11 is 9.08. The van der Waals surface area contributed by atoms with Crippen LogP contribution >= 0.6 is 28.1 Å². The molecular weight excluding hydrogens is 384 g/mol. The van der Waals surface area contributed by atoms with Crippen LogP contribution < -0.4 is 15.4 Å². The average Bonchev–Trinajstić information content (AvgIpc) is 2.49. The molecule has 0 radical (unpaired) electrons. The normalized spacial score (nSPS) is 18.2. The van der Waals surface area contributed by atoms with Crippen molar-refractivity contribution in [2.24, 2.45) is 0 Å². The van der Waals surface area contributed by atoms with E-state index in [1.54, 1.807) is 0 Å². The lowest BCUT2D eigenvalue weighted by Crippen LogP contribution is -2.42. The molecule has 0 fully saturated rings. The van der Waals surface area contributed by atoms with Gasteiger partial charge in [-0.3, -0.25) is 0 Å². The summed E-state index contributed by atoms with van der Waals surface area (Å²) in [6.45, 7) is 6.27. The van der Waals surface area contributed by atoms with Gasteiger partial charge in [0.1, 0.15) is 11.4 Å². The maximum atomic E-state index is 6.10. The average molecular weight is 405 g/mol. The van der Waals surface area contributed by atoms with E-state index in [4.69, 9.17) is 17.0 Å². The third-order valence-corrected chi connectivity index (χ3v) is 4.84. The van der Waals surface area contributed by atoms with E-state index in [9.17, 15) is 0 Å². The molecule has 0 saturated heterocycles.